The van der Waals surface area contributed by atoms with Crippen molar-refractivity contribution in [3.05, 3.63) is 54.1 Å². The number of alkyl halides is 3. The van der Waals surface area contributed by atoms with E-state index in [1.54, 1.807) is 48.1 Å². The molecule has 0 amide bonds. The van der Waals surface area contributed by atoms with Crippen LogP contribution >= 0.6 is 0 Å². The zero-order chi connectivity index (χ0) is 16.2. The lowest BCUT2D eigenvalue weighted by atomic mass is 9.95. The maximum atomic E-state index is 12.8. The van der Waals surface area contributed by atoms with Crippen LogP contribution in [-0.4, -0.2) is 21.5 Å². The number of nitrogens with zero attached hydrogens (tertiary/aromatic N) is 2. The van der Waals surface area contributed by atoms with Gasteiger partial charge >= 0.3 is 6.18 Å². The third-order valence-electron chi connectivity index (χ3n) is 3.52. The monoisotopic (exact) mass is 310 g/mol. The molecular weight excluding hydrogens is 293 g/mol. The Balaban J connectivity index is 2.07. The normalized spacial score (nSPS) is 13.1. The van der Waals surface area contributed by atoms with Gasteiger partial charge in [-0.05, 0) is 6.42 Å². The van der Waals surface area contributed by atoms with Crippen molar-refractivity contribution < 1.29 is 18.0 Å². The average Bonchev–Trinajstić information content (AvgIpc) is 2.89. The molecule has 118 valence electrons. The quantitative estimate of drug-likeness (QED) is 0.752. The van der Waals surface area contributed by atoms with E-state index in [0.29, 0.717) is 11.4 Å². The van der Waals surface area contributed by atoms with E-state index < -0.39 is 18.5 Å². The van der Waals surface area contributed by atoms with E-state index in [2.05, 4.69) is 4.98 Å². The van der Waals surface area contributed by atoms with Gasteiger partial charge < -0.3 is 4.57 Å². The van der Waals surface area contributed by atoms with Gasteiger partial charge in [0.1, 0.15) is 5.82 Å². The molecule has 0 spiro atoms. The van der Waals surface area contributed by atoms with Crippen LogP contribution in [0.3, 0.4) is 0 Å². The summed E-state index contributed by atoms with van der Waals surface area (Å²) in [5.41, 5.74) is 0.521. The van der Waals surface area contributed by atoms with Gasteiger partial charge in [0, 0.05) is 37.3 Å². The molecule has 2 aromatic rings. The van der Waals surface area contributed by atoms with Gasteiger partial charge in [0.2, 0.25) is 0 Å². The third kappa shape index (κ3) is 4.44. The number of benzene rings is 1. The van der Waals surface area contributed by atoms with E-state index in [1.807, 2.05) is 0 Å². The first-order valence-corrected chi connectivity index (χ1v) is 6.99. The second kappa shape index (κ2) is 6.77. The highest BCUT2D eigenvalue weighted by Gasteiger charge is 2.34. The largest absolute Gasteiger partial charge is 0.389 e. The van der Waals surface area contributed by atoms with Gasteiger partial charge in [-0.15, -0.1) is 0 Å². The molecule has 6 heteroatoms. The van der Waals surface area contributed by atoms with Gasteiger partial charge in [-0.3, -0.25) is 4.79 Å². The molecule has 0 bridgehead atoms. The second-order valence-electron chi connectivity index (χ2n) is 5.24. The highest BCUT2D eigenvalue weighted by atomic mass is 19.4. The number of aryl methyl sites for hydroxylation is 1. The summed E-state index contributed by atoms with van der Waals surface area (Å²) in [6, 6.07) is 8.60. The summed E-state index contributed by atoms with van der Waals surface area (Å²) >= 11 is 0. The minimum absolute atomic E-state index is 0.0671. The SMILES string of the molecule is Cn1ccnc1C(CCC(=O)c1ccccc1)CC(F)(F)F. The van der Waals surface area contributed by atoms with Gasteiger partial charge in [0.05, 0.1) is 6.42 Å². The molecule has 1 aromatic heterocycles. The van der Waals surface area contributed by atoms with Gasteiger partial charge in [-0.25, -0.2) is 4.98 Å². The topological polar surface area (TPSA) is 34.9 Å². The third-order valence-corrected chi connectivity index (χ3v) is 3.52. The summed E-state index contributed by atoms with van der Waals surface area (Å²) in [6.45, 7) is 0. The molecule has 0 aliphatic rings. The lowest BCUT2D eigenvalue weighted by molar-refractivity contribution is -0.139. The smallest absolute Gasteiger partial charge is 0.338 e. The number of imidazole rings is 1. The summed E-state index contributed by atoms with van der Waals surface area (Å²) in [5.74, 6) is -0.604. The zero-order valence-corrected chi connectivity index (χ0v) is 12.2. The number of hydrogen-bond acceptors (Lipinski definition) is 2. The van der Waals surface area contributed by atoms with E-state index in [4.69, 9.17) is 0 Å². The predicted molar refractivity (Wildman–Crippen MR) is 76.6 cm³/mol. The highest BCUT2D eigenvalue weighted by Crippen LogP contribution is 2.33. The molecular formula is C16H17F3N2O. The maximum absolute atomic E-state index is 12.8. The first kappa shape index (κ1) is 16.3. The van der Waals surface area contributed by atoms with E-state index in [0.717, 1.165) is 0 Å². The first-order valence-electron chi connectivity index (χ1n) is 6.99. The van der Waals surface area contributed by atoms with Crippen molar-refractivity contribution in [2.24, 2.45) is 7.05 Å². The molecule has 1 heterocycles. The second-order valence-corrected chi connectivity index (χ2v) is 5.24. The van der Waals surface area contributed by atoms with Gasteiger partial charge in [-0.2, -0.15) is 13.2 Å². The molecule has 3 nitrogen and oxygen atoms in total. The van der Waals surface area contributed by atoms with Gasteiger partial charge in [-0.1, -0.05) is 30.3 Å². The van der Waals surface area contributed by atoms with E-state index in [-0.39, 0.29) is 18.6 Å². The van der Waals surface area contributed by atoms with E-state index in [9.17, 15) is 18.0 Å². The van der Waals surface area contributed by atoms with Crippen LogP contribution in [0.15, 0.2) is 42.7 Å². The Labute approximate surface area is 126 Å². The Bertz CT molecular complexity index is 620. The Morgan fingerprint density at radius 2 is 1.95 bits per heavy atom. The minimum atomic E-state index is -4.29. The molecule has 1 aromatic carbocycles. The van der Waals surface area contributed by atoms with Crippen LogP contribution in [0.5, 0.6) is 0 Å². The van der Waals surface area contributed by atoms with Crippen LogP contribution in [0.4, 0.5) is 13.2 Å². The lowest BCUT2D eigenvalue weighted by Crippen LogP contribution is -2.18. The molecule has 0 radical (unpaired) electrons. The van der Waals surface area contributed by atoms with Crippen molar-refractivity contribution in [2.45, 2.75) is 31.4 Å². The van der Waals surface area contributed by atoms with Gasteiger partial charge in [0.15, 0.2) is 5.78 Å². The number of hydrogen-bond donors (Lipinski definition) is 0. The number of ketones is 1. The van der Waals surface area contributed by atoms with Crippen LogP contribution in [0.1, 0.15) is 41.4 Å². The fourth-order valence-electron chi connectivity index (χ4n) is 2.45. The fraction of sp³-hybridized carbons (Fsp3) is 0.375. The van der Waals surface area contributed by atoms with E-state index >= 15 is 0 Å². The van der Waals surface area contributed by atoms with Crippen LogP contribution < -0.4 is 0 Å². The number of carbonyl (C=O) groups is 1. The number of aromatic nitrogens is 2. The summed E-state index contributed by atoms with van der Waals surface area (Å²) in [6.07, 6.45) is -1.99. The Morgan fingerprint density at radius 3 is 2.50 bits per heavy atom. The van der Waals surface area contributed by atoms with Crippen molar-refractivity contribution in [3.8, 4) is 0 Å². The van der Waals surface area contributed by atoms with Crippen LogP contribution in [0, 0.1) is 0 Å². The molecule has 0 N–H and O–H groups in total. The van der Waals surface area contributed by atoms with Crippen molar-refractivity contribution in [1.82, 2.24) is 9.55 Å². The van der Waals surface area contributed by atoms with E-state index in [1.165, 1.54) is 6.20 Å². The maximum Gasteiger partial charge on any atom is 0.389 e. The summed E-state index contributed by atoms with van der Waals surface area (Å²) in [7, 11) is 1.66. The first-order chi connectivity index (χ1) is 10.4. The highest BCUT2D eigenvalue weighted by molar-refractivity contribution is 5.95. The van der Waals surface area contributed by atoms with Crippen molar-refractivity contribution >= 4 is 5.78 Å². The van der Waals surface area contributed by atoms with Crippen LogP contribution in [0.2, 0.25) is 0 Å². The molecule has 0 aliphatic carbocycles. The average molecular weight is 310 g/mol. The molecule has 2 rings (SSSR count). The number of Topliss-reactive ketones (excluding diaryl/α,β-unsaturated/α-hetero) is 1. The van der Waals surface area contributed by atoms with Crippen molar-refractivity contribution in [1.29, 1.82) is 0 Å². The fourth-order valence-corrected chi connectivity index (χ4v) is 2.45. The lowest BCUT2D eigenvalue weighted by Gasteiger charge is -2.18. The summed E-state index contributed by atoms with van der Waals surface area (Å²) in [4.78, 5) is 16.1. The summed E-state index contributed by atoms with van der Waals surface area (Å²) in [5, 5.41) is 0. The van der Waals surface area contributed by atoms with Crippen LogP contribution in [-0.2, 0) is 7.05 Å². The molecule has 0 saturated carbocycles. The molecule has 0 saturated heterocycles. The van der Waals surface area contributed by atoms with Crippen LogP contribution in [0.25, 0.3) is 0 Å². The molecule has 1 unspecified atom stereocenters. The summed E-state index contributed by atoms with van der Waals surface area (Å²) < 4.78 is 39.8. The Kier molecular flexibility index (Phi) is 5.00. The molecule has 0 fully saturated rings. The molecule has 1 atom stereocenters. The van der Waals surface area contributed by atoms with Crippen molar-refractivity contribution in [2.75, 3.05) is 0 Å². The Hall–Kier alpha value is -2.11. The molecule has 22 heavy (non-hydrogen) atoms. The number of carbonyl (C=O) groups excluding carboxylic acids is 1. The van der Waals surface area contributed by atoms with Gasteiger partial charge in [0.25, 0.3) is 0 Å². The number of halogens is 3. The number of rotatable bonds is 6. The van der Waals surface area contributed by atoms with Crippen molar-refractivity contribution in [3.63, 3.8) is 0 Å². The zero-order valence-electron chi connectivity index (χ0n) is 12.2. The minimum Gasteiger partial charge on any atom is -0.338 e. The molecule has 0 aliphatic heterocycles. The standard InChI is InChI=1S/C16H17F3N2O/c1-21-10-9-20-15(21)13(11-16(17,18)19)7-8-14(22)12-5-3-2-4-6-12/h2-6,9-10,13H,7-8,11H2,1H3. The Morgan fingerprint density at radius 1 is 1.27 bits per heavy atom. The predicted octanol–water partition coefficient (Wildman–Crippen LogP) is 4.12.